The van der Waals surface area contributed by atoms with Gasteiger partial charge < -0.3 is 4.74 Å². The minimum Gasteiger partial charge on any atom is -0.378 e. The molecule has 0 aliphatic carbocycles. The molecule has 114 valence electrons. The number of aryl methyl sites for hydroxylation is 1. The van der Waals surface area contributed by atoms with Gasteiger partial charge in [-0.3, -0.25) is 4.68 Å². The van der Waals surface area contributed by atoms with E-state index in [1.54, 1.807) is 11.8 Å². The van der Waals surface area contributed by atoms with Gasteiger partial charge in [-0.25, -0.2) is 9.97 Å². The Morgan fingerprint density at radius 2 is 2.00 bits per heavy atom. The number of ether oxygens (including phenoxy) is 1. The van der Waals surface area contributed by atoms with Gasteiger partial charge in [-0.1, -0.05) is 32.4 Å². The summed E-state index contributed by atoms with van der Waals surface area (Å²) < 4.78 is 7.59. The quantitative estimate of drug-likeness (QED) is 0.769. The van der Waals surface area contributed by atoms with Crippen LogP contribution < -0.4 is 0 Å². The first-order valence-corrected chi connectivity index (χ1v) is 7.66. The highest BCUT2D eigenvalue weighted by Gasteiger charge is 2.25. The first kappa shape index (κ1) is 16.4. The lowest BCUT2D eigenvalue weighted by atomic mass is 9.89. The molecular weight excluding hydrogens is 356 g/mol. The van der Waals surface area contributed by atoms with Gasteiger partial charge in [0.25, 0.3) is 0 Å². The average Bonchev–Trinajstić information content (AvgIpc) is 2.77. The Kier molecular flexibility index (Phi) is 4.70. The maximum atomic E-state index is 6.20. The molecule has 0 aliphatic rings. The van der Waals surface area contributed by atoms with Crippen molar-refractivity contribution in [1.82, 2.24) is 19.7 Å². The van der Waals surface area contributed by atoms with Gasteiger partial charge >= 0.3 is 0 Å². The molecule has 0 saturated carbocycles. The summed E-state index contributed by atoms with van der Waals surface area (Å²) in [6.45, 7) is 6.68. The topological polar surface area (TPSA) is 52.8 Å². The summed E-state index contributed by atoms with van der Waals surface area (Å²) >= 11 is 9.59. The van der Waals surface area contributed by atoms with Crippen molar-refractivity contribution in [3.05, 3.63) is 27.2 Å². The molecule has 0 fully saturated rings. The van der Waals surface area contributed by atoms with Gasteiger partial charge in [0.2, 0.25) is 0 Å². The van der Waals surface area contributed by atoms with E-state index in [0.29, 0.717) is 22.1 Å². The fourth-order valence-electron chi connectivity index (χ4n) is 2.02. The Hall–Kier alpha value is -0.980. The lowest BCUT2D eigenvalue weighted by Crippen LogP contribution is -2.14. The third-order valence-corrected chi connectivity index (χ3v) is 4.28. The molecule has 0 atom stereocenters. The molecule has 0 amide bonds. The summed E-state index contributed by atoms with van der Waals surface area (Å²) in [6, 6.07) is 0. The fourth-order valence-corrected chi connectivity index (χ4v) is 2.50. The van der Waals surface area contributed by atoms with Crippen LogP contribution in [0.15, 0.2) is 10.7 Å². The SMILES string of the molecule is COCc1nc(-c2cn(C)nc2C(C)(C)C)nc(Cl)c1Br. The maximum absolute atomic E-state index is 6.20. The number of hydrogen-bond donors (Lipinski definition) is 0. The number of halogens is 2. The molecule has 0 N–H and O–H groups in total. The Labute approximate surface area is 137 Å². The van der Waals surface area contributed by atoms with E-state index in [-0.39, 0.29) is 5.41 Å². The average molecular weight is 374 g/mol. The van der Waals surface area contributed by atoms with Crippen molar-refractivity contribution >= 4 is 27.5 Å². The van der Waals surface area contributed by atoms with Crippen molar-refractivity contribution in [3.8, 4) is 11.4 Å². The van der Waals surface area contributed by atoms with Crippen LogP contribution >= 0.6 is 27.5 Å². The standard InChI is InChI=1S/C14H18BrClN4O/c1-14(2,3)11-8(6-20(4)19-11)13-17-9(7-21-5)10(15)12(16)18-13/h6H,7H2,1-5H3. The molecule has 7 heteroatoms. The summed E-state index contributed by atoms with van der Waals surface area (Å²) in [5, 5.41) is 4.91. The Bertz CT molecular complexity index is 664. The molecule has 2 aromatic rings. The summed E-state index contributed by atoms with van der Waals surface area (Å²) in [6.07, 6.45) is 1.91. The van der Waals surface area contributed by atoms with Crippen LogP contribution in [0, 0.1) is 0 Å². The van der Waals surface area contributed by atoms with E-state index >= 15 is 0 Å². The van der Waals surface area contributed by atoms with Crippen LogP contribution in [0.2, 0.25) is 5.15 Å². The number of methoxy groups -OCH3 is 1. The van der Waals surface area contributed by atoms with Crippen LogP contribution in [0.5, 0.6) is 0 Å². The van der Waals surface area contributed by atoms with Gasteiger partial charge in [0.15, 0.2) is 5.82 Å². The molecule has 5 nitrogen and oxygen atoms in total. The number of aromatic nitrogens is 4. The van der Waals surface area contributed by atoms with Crippen LogP contribution in [0.3, 0.4) is 0 Å². The summed E-state index contributed by atoms with van der Waals surface area (Å²) in [4.78, 5) is 8.93. The summed E-state index contributed by atoms with van der Waals surface area (Å²) in [5.41, 5.74) is 2.43. The van der Waals surface area contributed by atoms with Gasteiger partial charge in [0.1, 0.15) is 5.15 Å². The predicted molar refractivity (Wildman–Crippen MR) is 86.4 cm³/mol. The highest BCUT2D eigenvalue weighted by atomic mass is 79.9. The van der Waals surface area contributed by atoms with Gasteiger partial charge in [-0.05, 0) is 15.9 Å². The molecule has 2 heterocycles. The van der Waals surface area contributed by atoms with Gasteiger partial charge in [-0.2, -0.15) is 5.10 Å². The van der Waals surface area contributed by atoms with E-state index in [4.69, 9.17) is 16.3 Å². The molecular formula is C14H18BrClN4O. The van der Waals surface area contributed by atoms with E-state index in [1.165, 1.54) is 0 Å². The van der Waals surface area contributed by atoms with Crippen LogP contribution in [-0.2, 0) is 23.8 Å². The van der Waals surface area contributed by atoms with E-state index in [9.17, 15) is 0 Å². The minimum absolute atomic E-state index is 0.110. The first-order chi connectivity index (χ1) is 9.74. The van der Waals surface area contributed by atoms with E-state index < -0.39 is 0 Å². The van der Waals surface area contributed by atoms with E-state index in [1.807, 2.05) is 13.2 Å². The predicted octanol–water partition coefficient (Wildman–Crippen LogP) is 3.74. The minimum atomic E-state index is -0.110. The second-order valence-electron chi connectivity index (χ2n) is 5.85. The van der Waals surface area contributed by atoms with Gasteiger partial charge in [-0.15, -0.1) is 0 Å². The highest BCUT2D eigenvalue weighted by Crippen LogP contribution is 2.33. The Morgan fingerprint density at radius 3 is 2.57 bits per heavy atom. The normalized spacial score (nSPS) is 12.0. The van der Waals surface area contributed by atoms with Gasteiger partial charge in [0, 0.05) is 25.8 Å². The zero-order chi connectivity index (χ0) is 15.8. The summed E-state index contributed by atoms with van der Waals surface area (Å²) in [5.74, 6) is 0.563. The van der Waals surface area contributed by atoms with Crippen LogP contribution in [-0.4, -0.2) is 26.9 Å². The van der Waals surface area contributed by atoms with Crippen LogP contribution in [0.1, 0.15) is 32.2 Å². The molecule has 0 bridgehead atoms. The molecule has 0 saturated heterocycles. The van der Waals surface area contributed by atoms with Crippen molar-refractivity contribution in [2.45, 2.75) is 32.8 Å². The molecule has 21 heavy (non-hydrogen) atoms. The smallest absolute Gasteiger partial charge is 0.164 e. The van der Waals surface area contributed by atoms with Crippen molar-refractivity contribution in [2.75, 3.05) is 7.11 Å². The number of nitrogens with zero attached hydrogens (tertiary/aromatic N) is 4. The zero-order valence-electron chi connectivity index (χ0n) is 12.7. The third kappa shape index (κ3) is 3.44. The van der Waals surface area contributed by atoms with Crippen LogP contribution in [0.4, 0.5) is 0 Å². The van der Waals surface area contributed by atoms with Crippen molar-refractivity contribution in [3.63, 3.8) is 0 Å². The molecule has 0 unspecified atom stereocenters. The Balaban J connectivity index is 2.62. The third-order valence-electron chi connectivity index (χ3n) is 2.94. The lowest BCUT2D eigenvalue weighted by molar-refractivity contribution is 0.181. The lowest BCUT2D eigenvalue weighted by Gasteiger charge is -2.17. The molecule has 0 radical (unpaired) electrons. The molecule has 0 aromatic carbocycles. The number of rotatable bonds is 3. The molecule has 0 aliphatic heterocycles. The van der Waals surface area contributed by atoms with Crippen molar-refractivity contribution in [1.29, 1.82) is 0 Å². The van der Waals surface area contributed by atoms with E-state index in [2.05, 4.69) is 51.8 Å². The zero-order valence-corrected chi connectivity index (χ0v) is 15.1. The fraction of sp³-hybridized carbons (Fsp3) is 0.500. The first-order valence-electron chi connectivity index (χ1n) is 6.49. The van der Waals surface area contributed by atoms with Crippen LogP contribution in [0.25, 0.3) is 11.4 Å². The summed E-state index contributed by atoms with van der Waals surface area (Å²) in [7, 11) is 3.50. The molecule has 2 rings (SSSR count). The number of hydrogen-bond acceptors (Lipinski definition) is 4. The maximum Gasteiger partial charge on any atom is 0.164 e. The van der Waals surface area contributed by atoms with Gasteiger partial charge in [0.05, 0.1) is 28.0 Å². The highest BCUT2D eigenvalue weighted by molar-refractivity contribution is 9.10. The Morgan fingerprint density at radius 1 is 1.33 bits per heavy atom. The van der Waals surface area contributed by atoms with Crippen molar-refractivity contribution < 1.29 is 4.74 Å². The van der Waals surface area contributed by atoms with Crippen molar-refractivity contribution in [2.24, 2.45) is 7.05 Å². The monoisotopic (exact) mass is 372 g/mol. The molecule has 0 spiro atoms. The largest absolute Gasteiger partial charge is 0.378 e. The molecule has 2 aromatic heterocycles. The second kappa shape index (κ2) is 6.02. The second-order valence-corrected chi connectivity index (χ2v) is 7.00. The van der Waals surface area contributed by atoms with E-state index in [0.717, 1.165) is 17.0 Å².